The molecule has 1 aliphatic heterocycles. The highest BCUT2D eigenvalue weighted by molar-refractivity contribution is 5.78. The third-order valence-corrected chi connectivity index (χ3v) is 5.12. The predicted molar refractivity (Wildman–Crippen MR) is 131 cm³/mol. The van der Waals surface area contributed by atoms with E-state index in [2.05, 4.69) is 56.2 Å². The van der Waals surface area contributed by atoms with Crippen molar-refractivity contribution in [1.82, 2.24) is 9.80 Å². The van der Waals surface area contributed by atoms with Crippen molar-refractivity contribution in [3.05, 3.63) is 83.9 Å². The zero-order valence-electron chi connectivity index (χ0n) is 17.7. The molecule has 0 spiro atoms. The molecule has 4 heteroatoms. The average molecular weight is 401 g/mol. The lowest BCUT2D eigenvalue weighted by Gasteiger charge is -2.34. The summed E-state index contributed by atoms with van der Waals surface area (Å²) in [5.41, 5.74) is 2.41. The summed E-state index contributed by atoms with van der Waals surface area (Å²) in [5, 5.41) is 0. The number of aliphatic imine (C=N–C) groups is 2. The smallest absolute Gasteiger partial charge is 0.0516 e. The Morgan fingerprint density at radius 1 is 0.600 bits per heavy atom. The fourth-order valence-electron chi connectivity index (χ4n) is 3.34. The standard InChI is InChI=1S/C26H32N4/c1-3-9-25(10-4-1)13-7-15-27-17-19-29-21-23-30(24-22-29)20-18-28-16-8-14-26-11-5-2-6-12-26/h1-16H,17-24H2/b13-7+,14-8+,27-15?,28-16?. The third kappa shape index (κ3) is 8.68. The van der Waals surface area contributed by atoms with Crippen LogP contribution in [0.25, 0.3) is 12.2 Å². The average Bonchev–Trinajstić information content (AvgIpc) is 2.81. The molecule has 2 aromatic rings. The van der Waals surface area contributed by atoms with E-state index in [0.717, 1.165) is 52.4 Å². The molecule has 0 aromatic heterocycles. The topological polar surface area (TPSA) is 31.2 Å². The van der Waals surface area contributed by atoms with E-state index in [-0.39, 0.29) is 0 Å². The summed E-state index contributed by atoms with van der Waals surface area (Å²) in [4.78, 5) is 14.0. The number of nitrogens with zero attached hydrogens (tertiary/aromatic N) is 4. The van der Waals surface area contributed by atoms with Gasteiger partial charge in [-0.25, -0.2) is 0 Å². The van der Waals surface area contributed by atoms with Crippen LogP contribution in [-0.4, -0.2) is 74.6 Å². The minimum absolute atomic E-state index is 0.858. The fourth-order valence-corrected chi connectivity index (χ4v) is 3.34. The monoisotopic (exact) mass is 400 g/mol. The van der Waals surface area contributed by atoms with E-state index in [0.29, 0.717) is 0 Å². The van der Waals surface area contributed by atoms with Crippen LogP contribution in [0.3, 0.4) is 0 Å². The van der Waals surface area contributed by atoms with Crippen LogP contribution in [0.4, 0.5) is 0 Å². The molecule has 3 rings (SSSR count). The normalized spacial score (nSPS) is 16.5. The maximum Gasteiger partial charge on any atom is 0.0516 e. The summed E-state index contributed by atoms with van der Waals surface area (Å²) in [7, 11) is 0. The van der Waals surface area contributed by atoms with Crippen LogP contribution in [0.2, 0.25) is 0 Å². The molecule has 1 aliphatic rings. The highest BCUT2D eigenvalue weighted by Gasteiger charge is 2.15. The van der Waals surface area contributed by atoms with Crippen LogP contribution in [-0.2, 0) is 0 Å². The van der Waals surface area contributed by atoms with Crippen LogP contribution in [0, 0.1) is 0 Å². The zero-order chi connectivity index (χ0) is 20.7. The molecule has 0 atom stereocenters. The number of rotatable bonds is 10. The summed E-state index contributed by atoms with van der Waals surface area (Å²) >= 11 is 0. The van der Waals surface area contributed by atoms with Crippen molar-refractivity contribution in [2.24, 2.45) is 9.98 Å². The van der Waals surface area contributed by atoms with Crippen LogP contribution in [0.1, 0.15) is 11.1 Å². The molecule has 1 saturated heterocycles. The molecule has 30 heavy (non-hydrogen) atoms. The highest BCUT2D eigenvalue weighted by atomic mass is 15.3. The van der Waals surface area contributed by atoms with Gasteiger partial charge >= 0.3 is 0 Å². The summed E-state index contributed by atoms with van der Waals surface area (Å²) in [5.74, 6) is 0. The van der Waals surface area contributed by atoms with Crippen molar-refractivity contribution in [1.29, 1.82) is 0 Å². The molecule has 0 aliphatic carbocycles. The molecule has 1 heterocycles. The molecule has 0 saturated carbocycles. The van der Waals surface area contributed by atoms with E-state index in [1.165, 1.54) is 11.1 Å². The lowest BCUT2D eigenvalue weighted by Crippen LogP contribution is -2.47. The molecule has 0 N–H and O–H groups in total. The Morgan fingerprint density at radius 3 is 1.40 bits per heavy atom. The SMILES string of the molecule is C(/C=C/c1ccccc1)=NCCN1CCN(CCN=C/C=C/c2ccccc2)CC1. The number of piperazine rings is 1. The first-order valence-corrected chi connectivity index (χ1v) is 10.8. The van der Waals surface area contributed by atoms with Crippen LogP contribution < -0.4 is 0 Å². The molecule has 0 unspecified atom stereocenters. The largest absolute Gasteiger partial charge is 0.299 e. The maximum absolute atomic E-state index is 4.51. The number of hydrogen-bond donors (Lipinski definition) is 0. The van der Waals surface area contributed by atoms with Gasteiger partial charge in [0.25, 0.3) is 0 Å². The first-order valence-electron chi connectivity index (χ1n) is 10.8. The van der Waals surface area contributed by atoms with Gasteiger partial charge in [0.1, 0.15) is 0 Å². The Bertz CT molecular complexity index is 745. The minimum atomic E-state index is 0.858. The van der Waals surface area contributed by atoms with E-state index >= 15 is 0 Å². The Morgan fingerprint density at radius 2 is 1.00 bits per heavy atom. The van der Waals surface area contributed by atoms with Crippen molar-refractivity contribution in [2.75, 3.05) is 52.4 Å². The summed E-state index contributed by atoms with van der Waals surface area (Å²) in [6, 6.07) is 20.6. The van der Waals surface area contributed by atoms with Gasteiger partial charge in [-0.1, -0.05) is 72.8 Å². The fraction of sp³-hybridized carbons (Fsp3) is 0.308. The highest BCUT2D eigenvalue weighted by Crippen LogP contribution is 2.02. The third-order valence-electron chi connectivity index (χ3n) is 5.12. The quantitative estimate of drug-likeness (QED) is 0.561. The van der Waals surface area contributed by atoms with Crippen LogP contribution >= 0.6 is 0 Å². The van der Waals surface area contributed by atoms with E-state index in [4.69, 9.17) is 0 Å². The van der Waals surface area contributed by atoms with E-state index in [9.17, 15) is 0 Å². The molecule has 0 bridgehead atoms. The van der Waals surface area contributed by atoms with Gasteiger partial charge < -0.3 is 0 Å². The summed E-state index contributed by atoms with van der Waals surface area (Å²) in [6.45, 7) is 8.26. The van der Waals surface area contributed by atoms with Crippen molar-refractivity contribution >= 4 is 24.6 Å². The first kappa shape index (κ1) is 21.9. The van der Waals surface area contributed by atoms with Gasteiger partial charge in [0.15, 0.2) is 0 Å². The lowest BCUT2D eigenvalue weighted by atomic mass is 10.2. The second kappa shape index (κ2) is 13.4. The van der Waals surface area contributed by atoms with Gasteiger partial charge in [-0.2, -0.15) is 0 Å². The Balaban J connectivity index is 1.23. The molecule has 156 valence electrons. The van der Waals surface area contributed by atoms with E-state index < -0.39 is 0 Å². The second-order valence-electron chi connectivity index (χ2n) is 7.33. The first-order chi connectivity index (χ1) is 14.9. The second-order valence-corrected chi connectivity index (χ2v) is 7.33. The van der Waals surface area contributed by atoms with Crippen LogP contribution in [0.15, 0.2) is 82.8 Å². The molecular weight excluding hydrogens is 368 g/mol. The lowest BCUT2D eigenvalue weighted by molar-refractivity contribution is 0.138. The van der Waals surface area contributed by atoms with Gasteiger partial charge in [0.2, 0.25) is 0 Å². The van der Waals surface area contributed by atoms with Crippen molar-refractivity contribution in [3.63, 3.8) is 0 Å². The van der Waals surface area contributed by atoms with Gasteiger partial charge in [-0.15, -0.1) is 0 Å². The maximum atomic E-state index is 4.51. The number of allylic oxidation sites excluding steroid dienone is 2. The zero-order valence-corrected chi connectivity index (χ0v) is 17.7. The van der Waals surface area contributed by atoms with E-state index in [1.807, 2.05) is 61.0 Å². The van der Waals surface area contributed by atoms with Gasteiger partial charge in [-0.05, 0) is 23.3 Å². The van der Waals surface area contributed by atoms with Gasteiger partial charge in [0.05, 0.1) is 13.1 Å². The van der Waals surface area contributed by atoms with Gasteiger partial charge in [0, 0.05) is 51.7 Å². The summed E-state index contributed by atoms with van der Waals surface area (Å²) in [6.07, 6.45) is 12.0. The number of hydrogen-bond acceptors (Lipinski definition) is 4. The van der Waals surface area contributed by atoms with E-state index in [1.54, 1.807) is 0 Å². The Labute approximate surface area is 181 Å². The Hall–Kier alpha value is -2.82. The van der Waals surface area contributed by atoms with Crippen molar-refractivity contribution in [2.45, 2.75) is 0 Å². The van der Waals surface area contributed by atoms with Crippen LogP contribution in [0.5, 0.6) is 0 Å². The summed E-state index contributed by atoms with van der Waals surface area (Å²) < 4.78 is 0. The molecule has 0 radical (unpaired) electrons. The predicted octanol–water partition coefficient (Wildman–Crippen LogP) is 4.17. The van der Waals surface area contributed by atoms with Gasteiger partial charge in [-0.3, -0.25) is 19.8 Å². The molecule has 4 nitrogen and oxygen atoms in total. The number of benzene rings is 2. The molecule has 2 aromatic carbocycles. The molecule has 0 amide bonds. The minimum Gasteiger partial charge on any atom is -0.299 e. The van der Waals surface area contributed by atoms with Crippen molar-refractivity contribution < 1.29 is 0 Å². The van der Waals surface area contributed by atoms with Crippen molar-refractivity contribution in [3.8, 4) is 0 Å². The molecular formula is C26H32N4. The Kier molecular flexibility index (Phi) is 9.78. The molecule has 1 fully saturated rings.